The first-order valence-corrected chi connectivity index (χ1v) is 7.98. The van der Waals surface area contributed by atoms with E-state index in [1.807, 2.05) is 5.38 Å². The van der Waals surface area contributed by atoms with Crippen LogP contribution in [0.2, 0.25) is 0 Å². The van der Waals surface area contributed by atoms with Crippen LogP contribution in [0.25, 0.3) is 0 Å². The molecule has 1 unspecified atom stereocenters. The number of hydrogen-bond donors (Lipinski definition) is 1. The smallest absolute Gasteiger partial charge is 0.345 e. The maximum Gasteiger partial charge on any atom is 0.345 e. The molecule has 0 bridgehead atoms. The molecule has 0 amide bonds. The second-order valence-electron chi connectivity index (χ2n) is 4.18. The Morgan fingerprint density at radius 1 is 1.53 bits per heavy atom. The van der Waals surface area contributed by atoms with Crippen molar-refractivity contribution in [2.24, 2.45) is 5.92 Å². The molecule has 0 aliphatic rings. The largest absolute Gasteiger partial charge is 0.477 e. The molecule has 1 N–H and O–H groups in total. The summed E-state index contributed by atoms with van der Waals surface area (Å²) >= 11 is 3.10. The van der Waals surface area contributed by atoms with Crippen LogP contribution in [0.15, 0.2) is 16.3 Å². The van der Waals surface area contributed by atoms with Gasteiger partial charge in [0, 0.05) is 16.0 Å². The van der Waals surface area contributed by atoms with Gasteiger partial charge in [-0.15, -0.1) is 23.1 Å². The maximum absolute atomic E-state index is 10.8. The summed E-state index contributed by atoms with van der Waals surface area (Å²) in [4.78, 5) is 12.3. The fourth-order valence-corrected chi connectivity index (χ4v) is 3.75. The van der Waals surface area contributed by atoms with Crippen molar-refractivity contribution in [3.63, 3.8) is 0 Å². The minimum Gasteiger partial charge on any atom is -0.477 e. The average molecular weight is 272 g/mol. The fraction of sp³-hybridized carbons (Fsp3) is 0.615. The van der Waals surface area contributed by atoms with Crippen LogP contribution in [0.1, 0.15) is 49.2 Å². The van der Waals surface area contributed by atoms with E-state index in [0.29, 0.717) is 4.88 Å². The van der Waals surface area contributed by atoms with E-state index in [2.05, 4.69) is 13.8 Å². The van der Waals surface area contributed by atoms with Crippen LogP contribution in [0.4, 0.5) is 0 Å². The van der Waals surface area contributed by atoms with E-state index in [-0.39, 0.29) is 0 Å². The third kappa shape index (κ3) is 5.13. The molecule has 0 spiro atoms. The Balaban J connectivity index is 2.39. The molecular formula is C13H20O2S2. The number of thioether (sulfide) groups is 1. The predicted octanol–water partition coefficient (Wildman–Crippen LogP) is 4.75. The molecule has 1 heterocycles. The van der Waals surface area contributed by atoms with Gasteiger partial charge in [0.05, 0.1) is 0 Å². The molecule has 1 atom stereocenters. The van der Waals surface area contributed by atoms with Gasteiger partial charge in [-0.05, 0) is 18.4 Å². The van der Waals surface area contributed by atoms with Gasteiger partial charge in [0.25, 0.3) is 0 Å². The molecule has 1 aromatic heterocycles. The monoisotopic (exact) mass is 272 g/mol. The van der Waals surface area contributed by atoms with E-state index in [4.69, 9.17) is 5.11 Å². The van der Waals surface area contributed by atoms with E-state index in [1.165, 1.54) is 37.0 Å². The Kier molecular flexibility index (Phi) is 6.66. The lowest BCUT2D eigenvalue weighted by Gasteiger charge is -2.12. The number of carboxylic acid groups (broad SMARTS) is 1. The molecular weight excluding hydrogens is 252 g/mol. The Morgan fingerprint density at radius 2 is 2.29 bits per heavy atom. The van der Waals surface area contributed by atoms with Crippen LogP contribution in [-0.2, 0) is 0 Å². The molecule has 0 saturated carbocycles. The molecule has 17 heavy (non-hydrogen) atoms. The number of unbranched alkanes of at least 4 members (excludes halogenated alkanes) is 1. The highest BCUT2D eigenvalue weighted by Crippen LogP contribution is 2.28. The number of carboxylic acids is 1. The van der Waals surface area contributed by atoms with Gasteiger partial charge in [-0.1, -0.05) is 33.1 Å². The van der Waals surface area contributed by atoms with Crippen LogP contribution >= 0.6 is 23.1 Å². The van der Waals surface area contributed by atoms with Gasteiger partial charge in [0.1, 0.15) is 4.88 Å². The zero-order valence-corrected chi connectivity index (χ0v) is 12.1. The molecule has 0 fully saturated rings. The zero-order valence-electron chi connectivity index (χ0n) is 10.4. The van der Waals surface area contributed by atoms with E-state index >= 15 is 0 Å². The molecule has 96 valence electrons. The van der Waals surface area contributed by atoms with Crippen LogP contribution in [0.3, 0.4) is 0 Å². The van der Waals surface area contributed by atoms with E-state index in [1.54, 1.807) is 17.8 Å². The fourth-order valence-electron chi connectivity index (χ4n) is 1.62. The quantitative estimate of drug-likeness (QED) is 0.694. The van der Waals surface area contributed by atoms with E-state index < -0.39 is 5.97 Å². The summed E-state index contributed by atoms with van der Waals surface area (Å²) in [5.41, 5.74) is 0. The van der Waals surface area contributed by atoms with Crippen molar-refractivity contribution < 1.29 is 9.90 Å². The molecule has 0 radical (unpaired) electrons. The zero-order chi connectivity index (χ0) is 12.7. The lowest BCUT2D eigenvalue weighted by molar-refractivity contribution is 0.0702. The summed E-state index contributed by atoms with van der Waals surface area (Å²) in [6.45, 7) is 4.45. The van der Waals surface area contributed by atoms with Crippen LogP contribution in [0.5, 0.6) is 0 Å². The van der Waals surface area contributed by atoms with Gasteiger partial charge in [-0.25, -0.2) is 4.79 Å². The summed E-state index contributed by atoms with van der Waals surface area (Å²) in [6, 6.07) is 1.78. The number of thiophene rings is 1. The number of hydrogen-bond acceptors (Lipinski definition) is 3. The Bertz CT molecular complexity index is 347. The van der Waals surface area contributed by atoms with Gasteiger partial charge in [-0.3, -0.25) is 0 Å². The van der Waals surface area contributed by atoms with E-state index in [9.17, 15) is 4.79 Å². The Labute approximate surface area is 111 Å². The average Bonchev–Trinajstić information content (AvgIpc) is 2.78. The highest BCUT2D eigenvalue weighted by Gasteiger charge is 2.10. The third-order valence-electron chi connectivity index (χ3n) is 2.82. The van der Waals surface area contributed by atoms with Crippen LogP contribution < -0.4 is 0 Å². The molecule has 0 saturated heterocycles. The maximum atomic E-state index is 10.8. The minimum absolute atomic E-state index is 0.439. The first kappa shape index (κ1) is 14.6. The molecule has 0 aromatic carbocycles. The van der Waals surface area contributed by atoms with E-state index in [0.717, 1.165) is 16.6 Å². The Morgan fingerprint density at radius 3 is 2.82 bits per heavy atom. The third-order valence-corrected chi connectivity index (χ3v) is 5.09. The number of carbonyl (C=O) groups is 1. The number of rotatable bonds is 8. The van der Waals surface area contributed by atoms with Gasteiger partial charge in [-0.2, -0.15) is 0 Å². The molecule has 4 heteroatoms. The van der Waals surface area contributed by atoms with Crippen LogP contribution in [-0.4, -0.2) is 16.8 Å². The number of aromatic carboxylic acids is 1. The van der Waals surface area contributed by atoms with Gasteiger partial charge < -0.3 is 5.11 Å². The first-order chi connectivity index (χ1) is 8.17. The van der Waals surface area contributed by atoms with Crippen molar-refractivity contribution in [1.82, 2.24) is 0 Å². The van der Waals surface area contributed by atoms with Crippen molar-refractivity contribution in [2.45, 2.75) is 44.4 Å². The lowest BCUT2D eigenvalue weighted by Crippen LogP contribution is -2.01. The first-order valence-electron chi connectivity index (χ1n) is 6.12. The normalized spacial score (nSPS) is 12.6. The summed E-state index contributed by atoms with van der Waals surface area (Å²) in [7, 11) is 0. The molecule has 0 aliphatic heterocycles. The van der Waals surface area contributed by atoms with Crippen molar-refractivity contribution in [3.05, 3.63) is 16.3 Å². The van der Waals surface area contributed by atoms with Crippen molar-refractivity contribution in [1.29, 1.82) is 0 Å². The molecule has 2 nitrogen and oxygen atoms in total. The van der Waals surface area contributed by atoms with Gasteiger partial charge in [0.2, 0.25) is 0 Å². The van der Waals surface area contributed by atoms with Crippen molar-refractivity contribution in [2.75, 3.05) is 5.75 Å². The highest BCUT2D eigenvalue weighted by atomic mass is 32.2. The topological polar surface area (TPSA) is 37.3 Å². The second kappa shape index (κ2) is 7.77. The van der Waals surface area contributed by atoms with Crippen molar-refractivity contribution >= 4 is 29.1 Å². The summed E-state index contributed by atoms with van der Waals surface area (Å²) in [5, 5.41) is 10.8. The summed E-state index contributed by atoms with van der Waals surface area (Å²) in [5.74, 6) is 1.04. The predicted molar refractivity (Wildman–Crippen MR) is 75.3 cm³/mol. The molecule has 1 aromatic rings. The Hall–Kier alpha value is -0.480. The summed E-state index contributed by atoms with van der Waals surface area (Å²) < 4.78 is 0. The second-order valence-corrected chi connectivity index (χ2v) is 6.18. The lowest BCUT2D eigenvalue weighted by atomic mass is 10.0. The SMILES string of the molecule is CCCCC(CC)CSc1csc(C(=O)O)c1. The summed E-state index contributed by atoms with van der Waals surface area (Å²) in [6.07, 6.45) is 5.05. The molecule has 1 rings (SSSR count). The van der Waals surface area contributed by atoms with Crippen molar-refractivity contribution in [3.8, 4) is 0 Å². The standard InChI is InChI=1S/C13H20O2S2/c1-3-5-6-10(4-2)8-16-11-7-12(13(14)15)17-9-11/h7,9-10H,3-6,8H2,1-2H3,(H,14,15). The van der Waals surface area contributed by atoms with Gasteiger partial charge >= 0.3 is 5.97 Å². The molecule has 0 aliphatic carbocycles. The van der Waals surface area contributed by atoms with Gasteiger partial charge in [0.15, 0.2) is 0 Å². The van der Waals surface area contributed by atoms with Crippen LogP contribution in [0, 0.1) is 5.92 Å². The highest BCUT2D eigenvalue weighted by molar-refractivity contribution is 7.99. The minimum atomic E-state index is -0.820.